The number of halogens is 2. The van der Waals surface area contributed by atoms with Gasteiger partial charge >= 0.3 is 0 Å². The van der Waals surface area contributed by atoms with Gasteiger partial charge in [0.15, 0.2) is 0 Å². The number of ether oxygens (including phenoxy) is 1. The Morgan fingerprint density at radius 3 is 2.32 bits per heavy atom. The molecule has 9 heteroatoms. The zero-order chi connectivity index (χ0) is 18.9. The van der Waals surface area contributed by atoms with Gasteiger partial charge in [0.05, 0.1) is 12.6 Å². The van der Waals surface area contributed by atoms with E-state index in [0.29, 0.717) is 18.2 Å². The molecule has 1 aromatic heterocycles. The lowest BCUT2D eigenvalue weighted by molar-refractivity contribution is -0.127. The summed E-state index contributed by atoms with van der Waals surface area (Å²) >= 11 is 0. The monoisotopic (exact) mass is 428 g/mol. The van der Waals surface area contributed by atoms with Gasteiger partial charge in [-0.3, -0.25) is 9.59 Å². The molecule has 1 heterocycles. The van der Waals surface area contributed by atoms with Crippen LogP contribution in [0.4, 0.5) is 0 Å². The number of carbonyl (C=O) groups excluding carboxylic acids is 2. The van der Waals surface area contributed by atoms with Crippen LogP contribution in [0.2, 0.25) is 0 Å². The fourth-order valence-electron chi connectivity index (χ4n) is 2.04. The van der Waals surface area contributed by atoms with Gasteiger partial charge in [-0.2, -0.15) is 0 Å². The van der Waals surface area contributed by atoms with E-state index in [9.17, 15) is 9.59 Å². The van der Waals surface area contributed by atoms with Crippen molar-refractivity contribution >= 4 is 36.6 Å². The second-order valence-corrected chi connectivity index (χ2v) is 6.18. The fourth-order valence-corrected chi connectivity index (χ4v) is 2.04. The molecule has 0 fully saturated rings. The third-order valence-corrected chi connectivity index (χ3v) is 3.70. The van der Waals surface area contributed by atoms with Crippen molar-refractivity contribution in [2.45, 2.75) is 26.4 Å². The summed E-state index contributed by atoms with van der Waals surface area (Å²) in [6.07, 6.45) is 1.63. The van der Waals surface area contributed by atoms with Gasteiger partial charge in [-0.05, 0) is 23.6 Å². The Balaban J connectivity index is 0.00000364. The lowest BCUT2D eigenvalue weighted by Crippen LogP contribution is -2.47. The molecular weight excluding hydrogens is 403 g/mol. The first-order valence-corrected chi connectivity index (χ1v) is 8.43. The van der Waals surface area contributed by atoms with Gasteiger partial charge in [0.1, 0.15) is 5.75 Å². The Morgan fingerprint density at radius 1 is 1.07 bits per heavy atom. The molecule has 28 heavy (non-hydrogen) atoms. The zero-order valence-corrected chi connectivity index (χ0v) is 17.4. The van der Waals surface area contributed by atoms with E-state index in [1.54, 1.807) is 12.3 Å². The number of aromatic nitrogens is 1. The molecule has 154 valence electrons. The topological polar surface area (TPSA) is 106 Å². The molecule has 0 saturated carbocycles. The fraction of sp³-hybridized carbons (Fsp3) is 0.316. The second-order valence-electron chi connectivity index (χ2n) is 6.18. The minimum absolute atomic E-state index is 0. The number of benzene rings is 1. The van der Waals surface area contributed by atoms with Crippen LogP contribution in [0.5, 0.6) is 11.6 Å². The maximum absolute atomic E-state index is 11.8. The summed E-state index contributed by atoms with van der Waals surface area (Å²) in [6.45, 7) is 3.90. The Hall–Kier alpha value is -2.35. The van der Waals surface area contributed by atoms with Crippen molar-refractivity contribution in [2.75, 3.05) is 6.54 Å². The molecule has 2 amide bonds. The molecule has 2 aromatic rings. The van der Waals surface area contributed by atoms with Crippen molar-refractivity contribution in [3.8, 4) is 11.6 Å². The average molecular weight is 429 g/mol. The molecule has 0 aliphatic carbocycles. The van der Waals surface area contributed by atoms with E-state index in [-0.39, 0.29) is 49.1 Å². The van der Waals surface area contributed by atoms with Gasteiger partial charge in [0, 0.05) is 18.8 Å². The van der Waals surface area contributed by atoms with E-state index in [0.717, 1.165) is 5.56 Å². The Labute approximate surface area is 177 Å². The Morgan fingerprint density at radius 2 is 1.75 bits per heavy atom. The molecule has 7 nitrogen and oxygen atoms in total. The van der Waals surface area contributed by atoms with Crippen LogP contribution in [0.1, 0.15) is 19.4 Å². The number of hydrogen-bond donors (Lipinski definition) is 3. The van der Waals surface area contributed by atoms with Crippen LogP contribution in [0.25, 0.3) is 0 Å². The summed E-state index contributed by atoms with van der Waals surface area (Å²) < 4.78 is 5.61. The van der Waals surface area contributed by atoms with Crippen molar-refractivity contribution in [2.24, 2.45) is 11.7 Å². The Kier molecular flexibility index (Phi) is 11.8. The number of nitrogens with zero attached hydrogens (tertiary/aromatic N) is 1. The first kappa shape index (κ1) is 25.7. The van der Waals surface area contributed by atoms with Crippen LogP contribution in [0, 0.1) is 5.92 Å². The van der Waals surface area contributed by atoms with Gasteiger partial charge < -0.3 is 21.1 Å². The summed E-state index contributed by atoms with van der Waals surface area (Å²) in [7, 11) is 0. The summed E-state index contributed by atoms with van der Waals surface area (Å²) in [5, 5.41) is 5.24. The molecule has 0 aliphatic rings. The minimum atomic E-state index is -0.621. The number of nitrogens with one attached hydrogen (secondary N) is 2. The average Bonchev–Trinajstić information content (AvgIpc) is 2.65. The molecule has 2 rings (SSSR count). The standard InChI is InChI=1S/C19H24N4O3.2ClH/c1-13(2)18(20)19(25)23-12-16(24)21-10-14-8-9-17(22-11-14)26-15-6-4-3-5-7-15;;/h3-9,11,13,18H,10,12,20H2,1-2H3,(H,21,24)(H,23,25);2*1H/t18-;;/m0../s1. The number of nitrogens with two attached hydrogens (primary N) is 1. The highest BCUT2D eigenvalue weighted by Crippen LogP contribution is 2.18. The lowest BCUT2D eigenvalue weighted by atomic mass is 10.1. The molecule has 4 N–H and O–H groups in total. The van der Waals surface area contributed by atoms with Crippen molar-refractivity contribution < 1.29 is 14.3 Å². The normalized spacial score (nSPS) is 10.9. The minimum Gasteiger partial charge on any atom is -0.439 e. The highest BCUT2D eigenvalue weighted by atomic mass is 35.5. The molecule has 1 aromatic carbocycles. The van der Waals surface area contributed by atoms with Crippen molar-refractivity contribution in [3.63, 3.8) is 0 Å². The maximum Gasteiger partial charge on any atom is 0.239 e. The van der Waals surface area contributed by atoms with E-state index < -0.39 is 6.04 Å². The number of pyridine rings is 1. The van der Waals surface area contributed by atoms with Gasteiger partial charge in [-0.15, -0.1) is 24.8 Å². The van der Waals surface area contributed by atoms with Crippen molar-refractivity contribution in [1.82, 2.24) is 15.6 Å². The number of carbonyl (C=O) groups is 2. The van der Waals surface area contributed by atoms with Crippen molar-refractivity contribution in [1.29, 1.82) is 0 Å². The van der Waals surface area contributed by atoms with Crippen molar-refractivity contribution in [3.05, 3.63) is 54.2 Å². The summed E-state index contributed by atoms with van der Waals surface area (Å²) in [5.41, 5.74) is 6.54. The lowest BCUT2D eigenvalue weighted by Gasteiger charge is -2.15. The molecule has 0 spiro atoms. The predicted molar refractivity (Wildman–Crippen MR) is 113 cm³/mol. The Bertz CT molecular complexity index is 728. The molecule has 0 bridgehead atoms. The van der Waals surface area contributed by atoms with E-state index in [2.05, 4.69) is 15.6 Å². The summed E-state index contributed by atoms with van der Waals surface area (Å²) in [4.78, 5) is 27.7. The molecule has 0 saturated heterocycles. The molecular formula is C19H26Cl2N4O3. The molecule has 1 atom stereocenters. The van der Waals surface area contributed by atoms with Crippen LogP contribution in [0.3, 0.4) is 0 Å². The van der Waals surface area contributed by atoms with Crippen LogP contribution in [0.15, 0.2) is 48.7 Å². The second kappa shape index (κ2) is 12.9. The number of rotatable bonds is 8. The van der Waals surface area contributed by atoms with E-state index in [4.69, 9.17) is 10.5 Å². The zero-order valence-electron chi connectivity index (χ0n) is 15.8. The van der Waals surface area contributed by atoms with Crippen LogP contribution >= 0.6 is 24.8 Å². The van der Waals surface area contributed by atoms with E-state index in [1.807, 2.05) is 50.2 Å². The highest BCUT2D eigenvalue weighted by Gasteiger charge is 2.17. The number of amides is 2. The van der Waals surface area contributed by atoms with E-state index in [1.165, 1.54) is 0 Å². The highest BCUT2D eigenvalue weighted by molar-refractivity contribution is 5.87. The van der Waals surface area contributed by atoms with Gasteiger partial charge in [-0.1, -0.05) is 38.1 Å². The molecule has 0 aliphatic heterocycles. The van der Waals surface area contributed by atoms with E-state index >= 15 is 0 Å². The van der Waals surface area contributed by atoms with Gasteiger partial charge in [0.2, 0.25) is 17.7 Å². The smallest absolute Gasteiger partial charge is 0.239 e. The van der Waals surface area contributed by atoms with Gasteiger partial charge in [-0.25, -0.2) is 4.98 Å². The van der Waals surface area contributed by atoms with Crippen LogP contribution in [-0.4, -0.2) is 29.4 Å². The van der Waals surface area contributed by atoms with Gasteiger partial charge in [0.25, 0.3) is 0 Å². The predicted octanol–water partition coefficient (Wildman–Crippen LogP) is 2.43. The first-order valence-electron chi connectivity index (χ1n) is 8.43. The van der Waals surface area contributed by atoms with Crippen LogP contribution in [-0.2, 0) is 16.1 Å². The quantitative estimate of drug-likeness (QED) is 0.598. The first-order chi connectivity index (χ1) is 12.5. The van der Waals surface area contributed by atoms with Crippen LogP contribution < -0.4 is 21.1 Å². The summed E-state index contributed by atoms with van der Waals surface area (Å²) in [6, 6.07) is 12.3. The third-order valence-electron chi connectivity index (χ3n) is 3.70. The maximum atomic E-state index is 11.8. The third kappa shape index (κ3) is 8.56. The summed E-state index contributed by atoms with van der Waals surface area (Å²) in [5.74, 6) is 0.566. The number of para-hydroxylation sites is 1. The number of hydrogen-bond acceptors (Lipinski definition) is 5. The molecule has 0 unspecified atom stereocenters. The largest absolute Gasteiger partial charge is 0.439 e. The molecule has 0 radical (unpaired) electrons. The SMILES string of the molecule is CC(C)[C@H](N)C(=O)NCC(=O)NCc1ccc(Oc2ccccc2)nc1.Cl.Cl.